The average Bonchev–Trinajstić information content (AvgIpc) is 3.52. The molecule has 2 aromatic heterocycles. The molecule has 1 fully saturated rings. The molecule has 3 aromatic carbocycles. The van der Waals surface area contributed by atoms with Crippen molar-refractivity contribution in [2.45, 2.75) is 29.3 Å². The highest BCUT2D eigenvalue weighted by molar-refractivity contribution is 5.89. The Morgan fingerprint density at radius 3 is 2.16 bits per heavy atom. The van der Waals surface area contributed by atoms with Crippen molar-refractivity contribution in [1.82, 2.24) is 14.5 Å². The van der Waals surface area contributed by atoms with Crippen LogP contribution in [0.25, 0.3) is 11.0 Å². The fourth-order valence-electron chi connectivity index (χ4n) is 5.77. The molecule has 0 spiro atoms. The van der Waals surface area contributed by atoms with E-state index in [-0.39, 0.29) is 16.9 Å². The van der Waals surface area contributed by atoms with Crippen LogP contribution in [0.1, 0.15) is 22.9 Å². The van der Waals surface area contributed by atoms with Gasteiger partial charge in [-0.15, -0.1) is 6.42 Å². The number of anilines is 1. The Bertz CT molecular complexity index is 1790. The Labute approximate surface area is 251 Å². The second-order valence-corrected chi connectivity index (χ2v) is 10.4. The van der Waals surface area contributed by atoms with Crippen molar-refractivity contribution in [3.05, 3.63) is 120 Å². The highest BCUT2D eigenvalue weighted by atomic mass is 19.2. The number of terminal acetylenes is 1. The summed E-state index contributed by atoms with van der Waals surface area (Å²) < 4.78 is 42.8. The Balaban J connectivity index is 1.58. The predicted molar refractivity (Wildman–Crippen MR) is 158 cm³/mol. The first-order chi connectivity index (χ1) is 21.2. The number of fused-ring (bicyclic) bond motifs is 1. The molecule has 0 unspecified atom stereocenters. The van der Waals surface area contributed by atoms with E-state index in [0.29, 0.717) is 5.75 Å². The molecule has 5 aromatic rings. The summed E-state index contributed by atoms with van der Waals surface area (Å²) in [5.41, 5.74) is -1.53. The summed E-state index contributed by atoms with van der Waals surface area (Å²) >= 11 is 0. The fourth-order valence-corrected chi connectivity index (χ4v) is 5.77. The lowest BCUT2D eigenvalue weighted by Crippen LogP contribution is -2.49. The van der Waals surface area contributed by atoms with Crippen LogP contribution in [0.4, 0.5) is 14.6 Å². The molecule has 3 heterocycles. The van der Waals surface area contributed by atoms with Gasteiger partial charge < -0.3 is 30.1 Å². The standard InChI is InChI=1S/C33H28F2N4O5/c1-3-31(42)29(41)32(35,19-40)44-30(31)39-18-25(34)26-27(36-20-37-28(26)39)38-33(21-10-6-4-7-11-21,22-12-8-5-9-13-22)23-14-16-24(43-2)17-15-23/h1,4-18,20,29-30,40-42H,19H2,2H3,(H,36,37,38)/t29-,30+,31+,32+/m0/s1. The topological polar surface area (TPSA) is 122 Å². The Kier molecular flexibility index (Phi) is 7.31. The normalized spacial score (nSPS) is 23.4. The highest BCUT2D eigenvalue weighted by Gasteiger charge is 2.65. The van der Waals surface area contributed by atoms with Gasteiger partial charge >= 0.3 is 0 Å². The van der Waals surface area contributed by atoms with E-state index in [1.807, 2.05) is 90.8 Å². The maximum atomic E-state index is 16.0. The molecule has 1 saturated heterocycles. The lowest BCUT2D eigenvalue weighted by molar-refractivity contribution is -0.206. The van der Waals surface area contributed by atoms with Crippen molar-refractivity contribution in [3.8, 4) is 18.1 Å². The van der Waals surface area contributed by atoms with Crippen molar-refractivity contribution in [2.24, 2.45) is 0 Å². The number of rotatable bonds is 8. The molecular formula is C33H28F2N4O5. The third-order valence-corrected chi connectivity index (χ3v) is 8.01. The number of hydrogen-bond donors (Lipinski definition) is 4. The van der Waals surface area contributed by atoms with E-state index in [2.05, 4.69) is 15.3 Å². The van der Waals surface area contributed by atoms with Crippen molar-refractivity contribution >= 4 is 16.9 Å². The van der Waals surface area contributed by atoms with Crippen LogP contribution in [0.3, 0.4) is 0 Å². The second kappa shape index (κ2) is 11.0. The third-order valence-electron chi connectivity index (χ3n) is 8.01. The minimum absolute atomic E-state index is 0.0613. The first-order valence-electron chi connectivity index (χ1n) is 13.6. The van der Waals surface area contributed by atoms with E-state index in [1.165, 1.54) is 6.33 Å². The van der Waals surface area contributed by atoms with Crippen LogP contribution in [-0.2, 0) is 10.3 Å². The minimum Gasteiger partial charge on any atom is -0.497 e. The molecule has 0 saturated carbocycles. The summed E-state index contributed by atoms with van der Waals surface area (Å²) in [6, 6.07) is 26.5. The van der Waals surface area contributed by atoms with Gasteiger partial charge in [-0.2, -0.15) is 0 Å². The average molecular weight is 599 g/mol. The maximum Gasteiger partial charge on any atom is 0.264 e. The molecule has 0 amide bonds. The van der Waals surface area contributed by atoms with Gasteiger partial charge in [-0.05, 0) is 28.8 Å². The highest BCUT2D eigenvalue weighted by Crippen LogP contribution is 2.47. The van der Waals surface area contributed by atoms with Gasteiger partial charge in [-0.25, -0.2) is 18.7 Å². The summed E-state index contributed by atoms with van der Waals surface area (Å²) in [7, 11) is 1.57. The monoisotopic (exact) mass is 598 g/mol. The number of methoxy groups -OCH3 is 1. The molecule has 6 rings (SSSR count). The number of aromatic nitrogens is 3. The molecule has 1 aliphatic rings. The van der Waals surface area contributed by atoms with Gasteiger partial charge in [0.1, 0.15) is 30.0 Å². The minimum atomic E-state index is -3.11. The molecular weight excluding hydrogens is 570 g/mol. The number of aliphatic hydroxyl groups is 3. The lowest BCUT2D eigenvalue weighted by Gasteiger charge is -2.37. The summed E-state index contributed by atoms with van der Waals surface area (Å²) in [4.78, 5) is 8.62. The van der Waals surface area contributed by atoms with Crippen molar-refractivity contribution in [3.63, 3.8) is 0 Å². The van der Waals surface area contributed by atoms with Crippen LogP contribution in [0.2, 0.25) is 0 Å². The molecule has 0 radical (unpaired) electrons. The van der Waals surface area contributed by atoms with Gasteiger partial charge in [0.25, 0.3) is 5.85 Å². The van der Waals surface area contributed by atoms with Gasteiger partial charge in [0.05, 0.1) is 12.5 Å². The van der Waals surface area contributed by atoms with Crippen molar-refractivity contribution in [2.75, 3.05) is 19.0 Å². The fraction of sp³-hybridized carbons (Fsp3) is 0.212. The van der Waals surface area contributed by atoms with E-state index < -0.39 is 41.8 Å². The second-order valence-electron chi connectivity index (χ2n) is 10.4. The first kappa shape index (κ1) is 29.2. The molecule has 44 heavy (non-hydrogen) atoms. The zero-order valence-corrected chi connectivity index (χ0v) is 23.4. The Hall–Kier alpha value is -4.86. The van der Waals surface area contributed by atoms with E-state index in [1.54, 1.807) is 7.11 Å². The summed E-state index contributed by atoms with van der Waals surface area (Å²) in [5, 5.41) is 34.5. The van der Waals surface area contributed by atoms with E-state index in [0.717, 1.165) is 27.5 Å². The number of aliphatic hydroxyl groups excluding tert-OH is 2. The maximum absolute atomic E-state index is 16.0. The van der Waals surface area contributed by atoms with Crippen LogP contribution in [0, 0.1) is 18.2 Å². The third kappa shape index (κ3) is 4.39. The molecule has 4 atom stereocenters. The molecule has 1 aliphatic heterocycles. The van der Waals surface area contributed by atoms with Gasteiger partial charge in [-0.3, -0.25) is 4.57 Å². The van der Waals surface area contributed by atoms with Gasteiger partial charge in [0.2, 0.25) is 5.60 Å². The zero-order valence-electron chi connectivity index (χ0n) is 23.4. The summed E-state index contributed by atoms with van der Waals surface area (Å²) in [5.74, 6) is -1.31. The van der Waals surface area contributed by atoms with Crippen molar-refractivity contribution in [1.29, 1.82) is 0 Å². The number of halogens is 2. The smallest absolute Gasteiger partial charge is 0.264 e. The molecule has 0 bridgehead atoms. The quantitative estimate of drug-likeness (QED) is 0.157. The van der Waals surface area contributed by atoms with E-state index >= 15 is 8.78 Å². The van der Waals surface area contributed by atoms with E-state index in [9.17, 15) is 15.3 Å². The predicted octanol–water partition coefficient (Wildman–Crippen LogP) is 3.90. The number of nitrogens with zero attached hydrogens (tertiary/aromatic N) is 3. The number of nitrogens with one attached hydrogen (secondary N) is 1. The number of alkyl halides is 1. The molecule has 224 valence electrons. The van der Waals surface area contributed by atoms with Crippen LogP contribution >= 0.6 is 0 Å². The summed E-state index contributed by atoms with van der Waals surface area (Å²) in [6.07, 6.45) is 3.40. The van der Waals surface area contributed by atoms with Crippen LogP contribution in [-0.4, -0.2) is 61.1 Å². The molecule has 0 aliphatic carbocycles. The van der Waals surface area contributed by atoms with Gasteiger partial charge in [-0.1, -0.05) is 78.7 Å². The van der Waals surface area contributed by atoms with Crippen LogP contribution < -0.4 is 10.1 Å². The summed E-state index contributed by atoms with van der Waals surface area (Å²) in [6.45, 7) is -1.31. The Morgan fingerprint density at radius 2 is 1.61 bits per heavy atom. The van der Waals surface area contributed by atoms with Crippen LogP contribution in [0.15, 0.2) is 97.5 Å². The largest absolute Gasteiger partial charge is 0.497 e. The first-order valence-corrected chi connectivity index (χ1v) is 13.6. The molecule has 9 nitrogen and oxygen atoms in total. The van der Waals surface area contributed by atoms with E-state index in [4.69, 9.17) is 15.9 Å². The SMILES string of the molecule is C#C[C@]1(O)[C@H](n2cc(F)c3c(NC(c4ccccc4)(c4ccccc4)c4ccc(OC)cc4)ncnc32)O[C@](F)(CO)[C@H]1O. The van der Waals surface area contributed by atoms with Gasteiger partial charge in [0, 0.05) is 6.20 Å². The number of hydrogen-bond acceptors (Lipinski definition) is 8. The van der Waals surface area contributed by atoms with Gasteiger partial charge in [0.15, 0.2) is 23.8 Å². The molecule has 4 N–H and O–H groups in total. The zero-order chi connectivity index (χ0) is 31.1. The molecule has 11 heteroatoms. The lowest BCUT2D eigenvalue weighted by atomic mass is 9.77. The Morgan fingerprint density at radius 1 is 1.02 bits per heavy atom. The van der Waals surface area contributed by atoms with Crippen LogP contribution in [0.5, 0.6) is 5.75 Å². The number of benzene rings is 3. The van der Waals surface area contributed by atoms with Crippen molar-refractivity contribution < 1.29 is 33.6 Å². The number of ether oxygens (including phenoxy) is 2.